The standard InChI is InChI=1S/C13H20N2O/c1-12-11-15(8-7-14-12)9-10-16-13-5-3-2-4-6-13/h2-6,12,14H,7-11H2,1H3/t12-/m0/s1. The summed E-state index contributed by atoms with van der Waals surface area (Å²) in [7, 11) is 0. The van der Waals surface area contributed by atoms with Crippen molar-refractivity contribution < 1.29 is 4.74 Å². The minimum atomic E-state index is 0.602. The van der Waals surface area contributed by atoms with Gasteiger partial charge in [-0.2, -0.15) is 0 Å². The number of hydrogen-bond donors (Lipinski definition) is 1. The highest BCUT2D eigenvalue weighted by Gasteiger charge is 2.14. The maximum atomic E-state index is 5.68. The Balaban J connectivity index is 1.68. The molecule has 1 saturated heterocycles. The van der Waals surface area contributed by atoms with E-state index in [1.54, 1.807) is 0 Å². The van der Waals surface area contributed by atoms with E-state index >= 15 is 0 Å². The van der Waals surface area contributed by atoms with Crippen LogP contribution in [0.1, 0.15) is 6.92 Å². The average Bonchev–Trinajstić information content (AvgIpc) is 2.30. The second kappa shape index (κ2) is 5.87. The minimum absolute atomic E-state index is 0.602. The van der Waals surface area contributed by atoms with Crippen molar-refractivity contribution in [2.45, 2.75) is 13.0 Å². The SMILES string of the molecule is C[C@H]1CN(CCOc2ccccc2)CCN1. The molecule has 1 fully saturated rings. The van der Waals surface area contributed by atoms with Crippen LogP contribution < -0.4 is 10.1 Å². The molecule has 1 aliphatic rings. The number of nitrogens with zero attached hydrogens (tertiary/aromatic N) is 1. The van der Waals surface area contributed by atoms with Crippen molar-refractivity contribution in [3.8, 4) is 5.75 Å². The molecule has 1 aromatic rings. The second-order valence-corrected chi connectivity index (χ2v) is 4.32. The van der Waals surface area contributed by atoms with Crippen LogP contribution in [0.25, 0.3) is 0 Å². The quantitative estimate of drug-likeness (QED) is 0.829. The summed E-state index contributed by atoms with van der Waals surface area (Å²) < 4.78 is 5.68. The van der Waals surface area contributed by atoms with Crippen LogP contribution in [0.15, 0.2) is 30.3 Å². The molecule has 0 amide bonds. The fourth-order valence-corrected chi connectivity index (χ4v) is 2.02. The van der Waals surface area contributed by atoms with Crippen LogP contribution >= 0.6 is 0 Å². The van der Waals surface area contributed by atoms with Crippen molar-refractivity contribution in [2.75, 3.05) is 32.8 Å². The maximum absolute atomic E-state index is 5.68. The Morgan fingerprint density at radius 2 is 2.19 bits per heavy atom. The molecule has 0 bridgehead atoms. The lowest BCUT2D eigenvalue weighted by Crippen LogP contribution is -2.50. The molecule has 0 aliphatic carbocycles. The largest absolute Gasteiger partial charge is 0.492 e. The van der Waals surface area contributed by atoms with E-state index in [1.165, 1.54) is 0 Å². The monoisotopic (exact) mass is 220 g/mol. The lowest BCUT2D eigenvalue weighted by atomic mass is 10.2. The molecule has 0 unspecified atom stereocenters. The summed E-state index contributed by atoms with van der Waals surface area (Å²) in [4.78, 5) is 2.45. The Hall–Kier alpha value is -1.06. The van der Waals surface area contributed by atoms with Gasteiger partial charge in [0.1, 0.15) is 12.4 Å². The summed E-state index contributed by atoms with van der Waals surface area (Å²) in [6, 6.07) is 10.6. The molecule has 0 saturated carbocycles. The Morgan fingerprint density at radius 1 is 1.38 bits per heavy atom. The summed E-state index contributed by atoms with van der Waals surface area (Å²) in [5, 5.41) is 3.44. The van der Waals surface area contributed by atoms with E-state index in [2.05, 4.69) is 17.1 Å². The van der Waals surface area contributed by atoms with E-state index in [4.69, 9.17) is 4.74 Å². The highest BCUT2D eigenvalue weighted by atomic mass is 16.5. The Labute approximate surface area is 97.4 Å². The van der Waals surface area contributed by atoms with Crippen LogP contribution in [-0.4, -0.2) is 43.7 Å². The molecule has 1 aromatic carbocycles. The zero-order valence-corrected chi connectivity index (χ0v) is 9.86. The molecule has 1 N–H and O–H groups in total. The fraction of sp³-hybridized carbons (Fsp3) is 0.538. The smallest absolute Gasteiger partial charge is 0.119 e. The molecule has 16 heavy (non-hydrogen) atoms. The first-order chi connectivity index (χ1) is 7.84. The van der Waals surface area contributed by atoms with Gasteiger partial charge < -0.3 is 10.1 Å². The average molecular weight is 220 g/mol. The number of para-hydroxylation sites is 1. The normalized spacial score (nSPS) is 21.9. The first kappa shape index (κ1) is 11.4. The fourth-order valence-electron chi connectivity index (χ4n) is 2.02. The summed E-state index contributed by atoms with van der Waals surface area (Å²) in [5.41, 5.74) is 0. The number of piperazine rings is 1. The summed E-state index contributed by atoms with van der Waals surface area (Å²) >= 11 is 0. The molecule has 88 valence electrons. The zero-order valence-electron chi connectivity index (χ0n) is 9.86. The van der Waals surface area contributed by atoms with Gasteiger partial charge in [0.15, 0.2) is 0 Å². The Kier molecular flexibility index (Phi) is 4.19. The van der Waals surface area contributed by atoms with E-state index in [0.29, 0.717) is 6.04 Å². The van der Waals surface area contributed by atoms with E-state index in [-0.39, 0.29) is 0 Å². The first-order valence-electron chi connectivity index (χ1n) is 5.98. The van der Waals surface area contributed by atoms with Crippen molar-refractivity contribution in [3.05, 3.63) is 30.3 Å². The second-order valence-electron chi connectivity index (χ2n) is 4.32. The lowest BCUT2D eigenvalue weighted by molar-refractivity contribution is 0.170. The van der Waals surface area contributed by atoms with Crippen LogP contribution in [0, 0.1) is 0 Å². The predicted octanol–water partition coefficient (Wildman–Crippen LogP) is 1.36. The third-order valence-corrected chi connectivity index (χ3v) is 2.87. The maximum Gasteiger partial charge on any atom is 0.119 e. The topological polar surface area (TPSA) is 24.5 Å². The van der Waals surface area contributed by atoms with Crippen LogP contribution in [0.4, 0.5) is 0 Å². The van der Waals surface area contributed by atoms with Gasteiger partial charge in [0, 0.05) is 32.2 Å². The van der Waals surface area contributed by atoms with Crippen molar-refractivity contribution in [1.82, 2.24) is 10.2 Å². The van der Waals surface area contributed by atoms with Crippen molar-refractivity contribution in [2.24, 2.45) is 0 Å². The van der Waals surface area contributed by atoms with Crippen LogP contribution in [-0.2, 0) is 0 Å². The molecular formula is C13H20N2O. The van der Waals surface area contributed by atoms with Gasteiger partial charge in [0.2, 0.25) is 0 Å². The Morgan fingerprint density at radius 3 is 2.94 bits per heavy atom. The first-order valence-corrected chi connectivity index (χ1v) is 5.98. The number of hydrogen-bond acceptors (Lipinski definition) is 3. The van der Waals surface area contributed by atoms with E-state index in [1.807, 2.05) is 30.3 Å². The Bertz CT molecular complexity index is 302. The van der Waals surface area contributed by atoms with Gasteiger partial charge in [-0.05, 0) is 19.1 Å². The van der Waals surface area contributed by atoms with Gasteiger partial charge in [0.05, 0.1) is 0 Å². The summed E-state index contributed by atoms with van der Waals surface area (Å²) in [5.74, 6) is 0.964. The van der Waals surface area contributed by atoms with Gasteiger partial charge in [0.25, 0.3) is 0 Å². The molecule has 0 radical (unpaired) electrons. The van der Waals surface area contributed by atoms with Gasteiger partial charge >= 0.3 is 0 Å². The zero-order chi connectivity index (χ0) is 11.2. The van der Waals surface area contributed by atoms with Crippen LogP contribution in [0.2, 0.25) is 0 Å². The van der Waals surface area contributed by atoms with Crippen molar-refractivity contribution in [3.63, 3.8) is 0 Å². The summed E-state index contributed by atoms with van der Waals surface area (Å²) in [6.45, 7) is 7.36. The molecule has 3 heteroatoms. The predicted molar refractivity (Wildman–Crippen MR) is 65.8 cm³/mol. The van der Waals surface area contributed by atoms with Crippen LogP contribution in [0.5, 0.6) is 5.75 Å². The molecule has 3 nitrogen and oxygen atoms in total. The minimum Gasteiger partial charge on any atom is -0.492 e. The van der Waals surface area contributed by atoms with Gasteiger partial charge in [-0.15, -0.1) is 0 Å². The molecule has 2 rings (SSSR count). The van der Waals surface area contributed by atoms with Crippen LogP contribution in [0.3, 0.4) is 0 Å². The van der Waals surface area contributed by atoms with Crippen molar-refractivity contribution in [1.29, 1.82) is 0 Å². The number of rotatable bonds is 4. The molecule has 0 spiro atoms. The number of benzene rings is 1. The van der Waals surface area contributed by atoms with E-state index in [0.717, 1.165) is 38.5 Å². The third kappa shape index (κ3) is 3.51. The van der Waals surface area contributed by atoms with Gasteiger partial charge in [-0.3, -0.25) is 4.90 Å². The summed E-state index contributed by atoms with van der Waals surface area (Å²) in [6.07, 6.45) is 0. The van der Waals surface area contributed by atoms with E-state index < -0.39 is 0 Å². The molecule has 1 heterocycles. The molecule has 0 aromatic heterocycles. The highest BCUT2D eigenvalue weighted by molar-refractivity contribution is 5.20. The lowest BCUT2D eigenvalue weighted by Gasteiger charge is -2.31. The highest BCUT2D eigenvalue weighted by Crippen LogP contribution is 2.08. The number of ether oxygens (including phenoxy) is 1. The molecular weight excluding hydrogens is 200 g/mol. The number of nitrogens with one attached hydrogen (secondary N) is 1. The molecule has 1 atom stereocenters. The third-order valence-electron chi connectivity index (χ3n) is 2.87. The molecule has 1 aliphatic heterocycles. The van der Waals surface area contributed by atoms with Crippen molar-refractivity contribution >= 4 is 0 Å². The van der Waals surface area contributed by atoms with E-state index in [9.17, 15) is 0 Å². The van der Waals surface area contributed by atoms with Gasteiger partial charge in [-0.25, -0.2) is 0 Å². The van der Waals surface area contributed by atoms with Gasteiger partial charge in [-0.1, -0.05) is 18.2 Å².